The summed E-state index contributed by atoms with van der Waals surface area (Å²) >= 11 is 0. The molecule has 0 aromatic rings. The second-order valence-electron chi connectivity index (χ2n) is 3.31. The van der Waals surface area contributed by atoms with E-state index in [9.17, 15) is 4.79 Å². The fourth-order valence-electron chi connectivity index (χ4n) is 1.64. The van der Waals surface area contributed by atoms with E-state index in [0.717, 1.165) is 23.1 Å². The minimum Gasteiger partial charge on any atom is -0.372 e. The Labute approximate surface area is 110 Å². The molecule has 98 valence electrons. The first-order valence-electron chi connectivity index (χ1n) is 6.12. The average Bonchev–Trinajstić information content (AvgIpc) is 2.76. The maximum Gasteiger partial charge on any atom is 0.146 e. The summed E-state index contributed by atoms with van der Waals surface area (Å²) in [7, 11) is 1.70. The van der Waals surface area contributed by atoms with E-state index in [2.05, 4.69) is 16.9 Å². The second kappa shape index (κ2) is 9.16. The number of carbonyl (C=O) groups is 1. The summed E-state index contributed by atoms with van der Waals surface area (Å²) in [5.41, 5.74) is 2.87. The van der Waals surface area contributed by atoms with Crippen LogP contribution in [0.5, 0.6) is 0 Å². The van der Waals surface area contributed by atoms with Crippen LogP contribution in [-0.4, -0.2) is 25.6 Å². The summed E-state index contributed by atoms with van der Waals surface area (Å²) in [5.74, 6) is 0. The van der Waals surface area contributed by atoms with E-state index in [0.29, 0.717) is 0 Å². The summed E-state index contributed by atoms with van der Waals surface area (Å²) in [4.78, 5) is 14.9. The zero-order valence-electron chi connectivity index (χ0n) is 11.6. The second-order valence-corrected chi connectivity index (χ2v) is 3.31. The minimum absolute atomic E-state index is 0.296. The lowest BCUT2D eigenvalue weighted by Crippen LogP contribution is -2.22. The van der Waals surface area contributed by atoms with E-state index >= 15 is 0 Å². The lowest BCUT2D eigenvalue weighted by Gasteiger charge is -2.01. The van der Waals surface area contributed by atoms with Gasteiger partial charge in [0.05, 0.1) is 0 Å². The summed E-state index contributed by atoms with van der Waals surface area (Å²) in [6.45, 7) is 9.61. The van der Waals surface area contributed by atoms with Gasteiger partial charge in [-0.05, 0) is 18.6 Å². The molecule has 1 atom stereocenters. The smallest absolute Gasteiger partial charge is 0.146 e. The predicted octanol–water partition coefficient (Wildman–Crippen LogP) is 2.83. The molecule has 0 aliphatic carbocycles. The van der Waals surface area contributed by atoms with Crippen molar-refractivity contribution >= 4 is 12.5 Å². The fourth-order valence-corrected chi connectivity index (χ4v) is 1.64. The number of allylic oxidation sites excluding steroid dienone is 5. The summed E-state index contributed by atoms with van der Waals surface area (Å²) in [6.07, 6.45) is 9.96. The van der Waals surface area contributed by atoms with Crippen LogP contribution in [-0.2, 0) is 4.79 Å². The molecule has 1 aliphatic heterocycles. The van der Waals surface area contributed by atoms with Crippen molar-refractivity contribution in [3.05, 3.63) is 47.7 Å². The first-order chi connectivity index (χ1) is 8.78. The fraction of sp³-hybridized carbons (Fsp3) is 0.333. The largest absolute Gasteiger partial charge is 0.372 e. The van der Waals surface area contributed by atoms with Gasteiger partial charge in [-0.15, -0.1) is 0 Å². The highest BCUT2D eigenvalue weighted by molar-refractivity contribution is 5.81. The third kappa shape index (κ3) is 3.84. The van der Waals surface area contributed by atoms with E-state index < -0.39 is 0 Å². The van der Waals surface area contributed by atoms with E-state index in [-0.39, 0.29) is 6.04 Å². The van der Waals surface area contributed by atoms with Gasteiger partial charge in [-0.25, -0.2) is 0 Å². The van der Waals surface area contributed by atoms with Crippen LogP contribution in [0.15, 0.2) is 52.7 Å². The molecule has 0 radical (unpaired) electrons. The first kappa shape index (κ1) is 16.1. The molecule has 0 saturated carbocycles. The Morgan fingerprint density at radius 2 is 2.00 bits per heavy atom. The van der Waals surface area contributed by atoms with Crippen LogP contribution in [0, 0.1) is 0 Å². The van der Waals surface area contributed by atoms with Gasteiger partial charge in [-0.3, -0.25) is 4.99 Å². The van der Waals surface area contributed by atoms with Gasteiger partial charge in [0.25, 0.3) is 0 Å². The van der Waals surface area contributed by atoms with Crippen LogP contribution in [0.25, 0.3) is 0 Å². The van der Waals surface area contributed by atoms with Gasteiger partial charge in [-0.2, -0.15) is 0 Å². The van der Waals surface area contributed by atoms with Crippen molar-refractivity contribution in [2.45, 2.75) is 26.8 Å². The molecule has 0 spiro atoms. The minimum atomic E-state index is -0.296. The molecular formula is C15H22N2O. The van der Waals surface area contributed by atoms with Crippen molar-refractivity contribution in [3.8, 4) is 0 Å². The molecule has 1 unspecified atom stereocenters. The van der Waals surface area contributed by atoms with Gasteiger partial charge in [-0.1, -0.05) is 38.7 Å². The number of nitrogens with one attached hydrogen (secondary N) is 1. The van der Waals surface area contributed by atoms with Crippen LogP contribution >= 0.6 is 0 Å². The molecule has 1 saturated heterocycles. The van der Waals surface area contributed by atoms with Crippen molar-refractivity contribution in [1.29, 1.82) is 0 Å². The van der Waals surface area contributed by atoms with Crippen molar-refractivity contribution < 1.29 is 4.79 Å². The van der Waals surface area contributed by atoms with Crippen molar-refractivity contribution in [1.82, 2.24) is 5.32 Å². The van der Waals surface area contributed by atoms with Crippen molar-refractivity contribution in [2.75, 3.05) is 7.05 Å². The number of rotatable bonds is 3. The van der Waals surface area contributed by atoms with E-state index in [4.69, 9.17) is 0 Å². The zero-order chi connectivity index (χ0) is 14.0. The highest BCUT2D eigenvalue weighted by atomic mass is 16.1. The predicted molar refractivity (Wildman–Crippen MR) is 78.9 cm³/mol. The molecule has 0 amide bonds. The molecule has 18 heavy (non-hydrogen) atoms. The quantitative estimate of drug-likeness (QED) is 0.614. The molecule has 0 aromatic carbocycles. The van der Waals surface area contributed by atoms with Crippen molar-refractivity contribution in [3.63, 3.8) is 0 Å². The molecule has 1 fully saturated rings. The van der Waals surface area contributed by atoms with Crippen molar-refractivity contribution in [2.24, 2.45) is 4.99 Å². The Balaban J connectivity index is 0.00000137. The SMILES string of the molecule is C=C/C=C1C(=C/C=NC)/C(C=O)NC/1=C/C.CC. The lowest BCUT2D eigenvalue weighted by molar-refractivity contribution is -0.108. The number of nitrogens with zero attached hydrogens (tertiary/aromatic N) is 1. The molecule has 0 bridgehead atoms. The number of aldehydes is 1. The monoisotopic (exact) mass is 246 g/mol. The molecular weight excluding hydrogens is 224 g/mol. The van der Waals surface area contributed by atoms with Gasteiger partial charge in [0.2, 0.25) is 0 Å². The van der Waals surface area contributed by atoms with E-state index in [1.54, 1.807) is 19.3 Å². The van der Waals surface area contributed by atoms with Gasteiger partial charge in [0, 0.05) is 24.5 Å². The summed E-state index contributed by atoms with van der Waals surface area (Å²) in [5, 5.41) is 3.13. The Morgan fingerprint density at radius 3 is 2.44 bits per heavy atom. The van der Waals surface area contributed by atoms with Crippen LogP contribution in [0.1, 0.15) is 20.8 Å². The van der Waals surface area contributed by atoms with Crippen LogP contribution in [0.3, 0.4) is 0 Å². The number of hydrogen-bond donors (Lipinski definition) is 1. The molecule has 1 aliphatic rings. The third-order valence-corrected chi connectivity index (χ3v) is 2.36. The standard InChI is InChI=1S/C13H16N2O.C2H6/c1-4-6-10-11(7-8-14-3)13(9-16)15-12(10)5-2;1-2/h4-9,13,15H,1H2,2-3H3;1-2H3/b10-6-,11-7-,12-5+,14-8?;. The number of hydrogen-bond acceptors (Lipinski definition) is 3. The van der Waals surface area contributed by atoms with Gasteiger partial charge in [0.1, 0.15) is 12.3 Å². The van der Waals surface area contributed by atoms with Crippen LogP contribution in [0.2, 0.25) is 0 Å². The Bertz CT molecular complexity index is 401. The summed E-state index contributed by atoms with van der Waals surface area (Å²) in [6, 6.07) is -0.296. The third-order valence-electron chi connectivity index (χ3n) is 2.36. The number of aliphatic imine (C=N–C) groups is 1. The Morgan fingerprint density at radius 1 is 1.33 bits per heavy atom. The normalized spacial score (nSPS) is 25.1. The average molecular weight is 246 g/mol. The van der Waals surface area contributed by atoms with Gasteiger partial charge < -0.3 is 10.1 Å². The van der Waals surface area contributed by atoms with E-state index in [1.807, 2.05) is 39.0 Å². The Hall–Kier alpha value is -1.90. The molecule has 3 nitrogen and oxygen atoms in total. The molecule has 3 heteroatoms. The topological polar surface area (TPSA) is 41.5 Å². The van der Waals surface area contributed by atoms with Crippen LogP contribution < -0.4 is 5.32 Å². The molecule has 1 heterocycles. The van der Waals surface area contributed by atoms with E-state index in [1.165, 1.54) is 0 Å². The van der Waals surface area contributed by atoms with Gasteiger partial charge in [0.15, 0.2) is 0 Å². The Kier molecular flexibility index (Phi) is 8.20. The van der Waals surface area contributed by atoms with Crippen LogP contribution in [0.4, 0.5) is 0 Å². The molecule has 1 rings (SSSR count). The van der Waals surface area contributed by atoms with Gasteiger partial charge >= 0.3 is 0 Å². The number of carbonyl (C=O) groups excluding carboxylic acids is 1. The highest BCUT2D eigenvalue weighted by Crippen LogP contribution is 2.27. The molecule has 1 N–H and O–H groups in total. The maximum absolute atomic E-state index is 11.0. The zero-order valence-corrected chi connectivity index (χ0v) is 11.6. The maximum atomic E-state index is 11.0. The first-order valence-corrected chi connectivity index (χ1v) is 6.12. The molecule has 0 aromatic heterocycles. The summed E-state index contributed by atoms with van der Waals surface area (Å²) < 4.78 is 0. The lowest BCUT2D eigenvalue weighted by atomic mass is 10.0. The highest BCUT2D eigenvalue weighted by Gasteiger charge is 2.27.